The van der Waals surface area contributed by atoms with Gasteiger partial charge in [0, 0.05) is 10.6 Å². The van der Waals surface area contributed by atoms with Gasteiger partial charge in [0.05, 0.1) is 17.5 Å². The van der Waals surface area contributed by atoms with Crippen molar-refractivity contribution >= 4 is 34.5 Å². The molecule has 0 saturated heterocycles. The second kappa shape index (κ2) is 6.04. The van der Waals surface area contributed by atoms with Crippen LogP contribution in [0.3, 0.4) is 0 Å². The van der Waals surface area contributed by atoms with Gasteiger partial charge in [0.1, 0.15) is 12.4 Å². The molecule has 1 aliphatic heterocycles. The molecule has 0 atom stereocenters. The van der Waals surface area contributed by atoms with E-state index in [1.807, 2.05) is 31.4 Å². The van der Waals surface area contributed by atoms with E-state index in [-0.39, 0.29) is 11.8 Å². The zero-order chi connectivity index (χ0) is 16.4. The Labute approximate surface area is 138 Å². The molecule has 1 aromatic heterocycles. The molecule has 1 aromatic carbocycles. The molecule has 1 aliphatic rings. The van der Waals surface area contributed by atoms with Crippen LogP contribution in [0.15, 0.2) is 35.7 Å². The highest BCUT2D eigenvalue weighted by molar-refractivity contribution is 7.10. The summed E-state index contributed by atoms with van der Waals surface area (Å²) in [5.74, 6) is 0.423. The van der Waals surface area contributed by atoms with Gasteiger partial charge in [-0.2, -0.15) is 0 Å². The van der Waals surface area contributed by atoms with Gasteiger partial charge in [-0.3, -0.25) is 9.59 Å². The normalized spacial score (nSPS) is 15.8. The molecule has 23 heavy (non-hydrogen) atoms. The van der Waals surface area contributed by atoms with Gasteiger partial charge in [-0.1, -0.05) is 6.07 Å². The molecule has 0 bridgehead atoms. The van der Waals surface area contributed by atoms with Crippen molar-refractivity contribution in [3.8, 4) is 5.75 Å². The van der Waals surface area contributed by atoms with E-state index in [1.54, 1.807) is 29.5 Å². The summed E-state index contributed by atoms with van der Waals surface area (Å²) in [7, 11) is 0. The van der Waals surface area contributed by atoms with Crippen molar-refractivity contribution in [2.75, 3.05) is 17.2 Å². The summed E-state index contributed by atoms with van der Waals surface area (Å²) in [4.78, 5) is 25.2. The fourth-order valence-electron chi connectivity index (χ4n) is 2.22. The van der Waals surface area contributed by atoms with E-state index in [1.165, 1.54) is 0 Å². The van der Waals surface area contributed by atoms with E-state index in [2.05, 4.69) is 10.6 Å². The number of carbonyl (C=O) groups is 2. The molecule has 2 heterocycles. The third-order valence-corrected chi connectivity index (χ3v) is 4.51. The van der Waals surface area contributed by atoms with Gasteiger partial charge in [0.25, 0.3) is 0 Å². The largest absolute Gasteiger partial charge is 0.490 e. The molecule has 0 fully saturated rings. The maximum absolute atomic E-state index is 12.2. The highest BCUT2D eigenvalue weighted by atomic mass is 32.1. The Bertz CT molecular complexity index is 738. The lowest BCUT2D eigenvalue weighted by molar-refractivity contribution is -0.125. The van der Waals surface area contributed by atoms with Crippen molar-refractivity contribution in [1.82, 2.24) is 0 Å². The minimum absolute atomic E-state index is 0.0893. The summed E-state index contributed by atoms with van der Waals surface area (Å²) < 4.78 is 5.68. The number of rotatable bonds is 3. The van der Waals surface area contributed by atoms with Crippen molar-refractivity contribution in [3.05, 3.63) is 40.6 Å². The first-order valence-electron chi connectivity index (χ1n) is 7.34. The molecule has 2 aromatic rings. The Morgan fingerprint density at radius 2 is 2.22 bits per heavy atom. The molecule has 0 unspecified atom stereocenters. The Morgan fingerprint density at radius 1 is 1.39 bits per heavy atom. The first-order chi connectivity index (χ1) is 10.9. The topological polar surface area (TPSA) is 67.4 Å². The molecule has 5 nitrogen and oxygen atoms in total. The van der Waals surface area contributed by atoms with Crippen LogP contribution in [-0.2, 0) is 16.0 Å². The Kier molecular flexibility index (Phi) is 4.09. The molecule has 0 spiro atoms. The Morgan fingerprint density at radius 3 is 2.96 bits per heavy atom. The van der Waals surface area contributed by atoms with E-state index in [4.69, 9.17) is 4.74 Å². The first kappa shape index (κ1) is 15.6. The van der Waals surface area contributed by atoms with Crippen LogP contribution in [0.25, 0.3) is 0 Å². The lowest BCUT2D eigenvalue weighted by atomic mass is 9.94. The van der Waals surface area contributed by atoms with Crippen LogP contribution in [0.2, 0.25) is 0 Å². The Hall–Kier alpha value is -2.34. The van der Waals surface area contributed by atoms with E-state index < -0.39 is 5.41 Å². The smallest absolute Gasteiger partial charge is 0.233 e. The second-order valence-electron chi connectivity index (χ2n) is 6.14. The monoisotopic (exact) mass is 330 g/mol. The molecule has 120 valence electrons. The predicted octanol–water partition coefficient (Wildman–Crippen LogP) is 3.29. The third-order valence-electron chi connectivity index (χ3n) is 3.63. The molecule has 0 saturated carbocycles. The van der Waals surface area contributed by atoms with Crippen LogP contribution < -0.4 is 15.4 Å². The number of hydrogen-bond donors (Lipinski definition) is 2. The number of hydrogen-bond acceptors (Lipinski definition) is 4. The van der Waals surface area contributed by atoms with Crippen LogP contribution in [0.4, 0.5) is 11.4 Å². The van der Waals surface area contributed by atoms with Crippen molar-refractivity contribution in [2.24, 2.45) is 5.41 Å². The number of carbonyl (C=O) groups excluding carboxylic acids is 2. The average Bonchev–Trinajstić information content (AvgIpc) is 2.95. The maximum Gasteiger partial charge on any atom is 0.233 e. The molecule has 3 rings (SSSR count). The molecule has 0 radical (unpaired) electrons. The van der Waals surface area contributed by atoms with Gasteiger partial charge in [-0.15, -0.1) is 11.3 Å². The number of benzene rings is 1. The van der Waals surface area contributed by atoms with Gasteiger partial charge in [-0.05, 0) is 43.5 Å². The van der Waals surface area contributed by atoms with E-state index in [0.29, 0.717) is 30.2 Å². The lowest BCUT2D eigenvalue weighted by Gasteiger charge is -2.18. The van der Waals surface area contributed by atoms with Crippen LogP contribution >= 0.6 is 11.3 Å². The summed E-state index contributed by atoms with van der Waals surface area (Å²) in [6, 6.07) is 9.11. The minimum atomic E-state index is -0.596. The number of anilines is 2. The average molecular weight is 330 g/mol. The molecule has 6 heteroatoms. The van der Waals surface area contributed by atoms with Crippen molar-refractivity contribution in [2.45, 2.75) is 20.3 Å². The molecular formula is C17H18N2O3S. The van der Waals surface area contributed by atoms with Gasteiger partial charge in [0.2, 0.25) is 11.8 Å². The Balaban J connectivity index is 1.74. The molecule has 2 amide bonds. The summed E-state index contributed by atoms with van der Waals surface area (Å²) >= 11 is 1.55. The zero-order valence-electron chi connectivity index (χ0n) is 13.0. The SMILES string of the molecule is CC1(C)COc2ccc(NC(=O)Cc3cccs3)cc2NC1=O. The standard InChI is InChI=1S/C17H18N2O3S/c1-17(2)10-22-14-6-5-11(8-13(14)19-16(17)21)18-15(20)9-12-4-3-7-23-12/h3-8H,9-10H2,1-2H3,(H,18,20)(H,19,21). The molecule has 2 N–H and O–H groups in total. The highest BCUT2D eigenvalue weighted by Crippen LogP contribution is 2.34. The number of ether oxygens (including phenoxy) is 1. The number of amides is 2. The summed E-state index contributed by atoms with van der Waals surface area (Å²) in [5, 5.41) is 7.65. The first-order valence-corrected chi connectivity index (χ1v) is 8.22. The van der Waals surface area contributed by atoms with Gasteiger partial charge >= 0.3 is 0 Å². The highest BCUT2D eigenvalue weighted by Gasteiger charge is 2.32. The zero-order valence-corrected chi connectivity index (χ0v) is 13.8. The van der Waals surface area contributed by atoms with Crippen LogP contribution in [0.5, 0.6) is 5.75 Å². The van der Waals surface area contributed by atoms with Gasteiger partial charge in [-0.25, -0.2) is 0 Å². The minimum Gasteiger partial charge on any atom is -0.490 e. The van der Waals surface area contributed by atoms with E-state index >= 15 is 0 Å². The summed E-state index contributed by atoms with van der Waals surface area (Å²) in [6.07, 6.45) is 0.338. The number of nitrogens with one attached hydrogen (secondary N) is 2. The van der Waals surface area contributed by atoms with E-state index in [0.717, 1.165) is 4.88 Å². The lowest BCUT2D eigenvalue weighted by Crippen LogP contribution is -2.33. The number of fused-ring (bicyclic) bond motifs is 1. The molecule has 0 aliphatic carbocycles. The van der Waals surface area contributed by atoms with Crippen LogP contribution in [0.1, 0.15) is 18.7 Å². The fraction of sp³-hybridized carbons (Fsp3) is 0.294. The third kappa shape index (κ3) is 3.53. The summed E-state index contributed by atoms with van der Waals surface area (Å²) in [5.41, 5.74) is 0.616. The quantitative estimate of drug-likeness (QED) is 0.907. The second-order valence-corrected chi connectivity index (χ2v) is 7.17. The van der Waals surface area contributed by atoms with Gasteiger partial charge < -0.3 is 15.4 Å². The number of thiophene rings is 1. The summed E-state index contributed by atoms with van der Waals surface area (Å²) in [6.45, 7) is 3.98. The van der Waals surface area contributed by atoms with Crippen LogP contribution in [-0.4, -0.2) is 18.4 Å². The van der Waals surface area contributed by atoms with Crippen molar-refractivity contribution in [3.63, 3.8) is 0 Å². The fourth-order valence-corrected chi connectivity index (χ4v) is 2.93. The predicted molar refractivity (Wildman–Crippen MR) is 91.0 cm³/mol. The van der Waals surface area contributed by atoms with Crippen LogP contribution in [0, 0.1) is 5.41 Å². The maximum atomic E-state index is 12.2. The van der Waals surface area contributed by atoms with Crippen molar-refractivity contribution in [1.29, 1.82) is 0 Å². The molecular weight excluding hydrogens is 312 g/mol. The van der Waals surface area contributed by atoms with Gasteiger partial charge in [0.15, 0.2) is 0 Å². The van der Waals surface area contributed by atoms with Crippen molar-refractivity contribution < 1.29 is 14.3 Å². The van der Waals surface area contributed by atoms with E-state index in [9.17, 15) is 9.59 Å².